The summed E-state index contributed by atoms with van der Waals surface area (Å²) >= 11 is 0. The Morgan fingerprint density at radius 1 is 1.14 bits per heavy atom. The van der Waals surface area contributed by atoms with Crippen LogP contribution in [0, 0.1) is 17.3 Å². The fourth-order valence-electron chi connectivity index (χ4n) is 3.73. The molecule has 0 spiro atoms. The molecule has 0 aromatic rings. The molecule has 0 aromatic heterocycles. The van der Waals surface area contributed by atoms with Crippen molar-refractivity contribution in [3.63, 3.8) is 0 Å². The molecule has 0 aliphatic heterocycles. The van der Waals surface area contributed by atoms with Gasteiger partial charge in [0, 0.05) is 6.42 Å². The Balaban J connectivity index is 2.23. The fraction of sp³-hybridized carbons (Fsp3) is 0.650. The molecule has 0 radical (unpaired) electrons. The van der Waals surface area contributed by atoms with Gasteiger partial charge in [0.05, 0.1) is 6.10 Å². The Labute approximate surface area is 135 Å². The van der Waals surface area contributed by atoms with Gasteiger partial charge in [0.2, 0.25) is 0 Å². The number of Topliss-reactive ketones (excluding diaryl/α,β-unsaturated/α-hetero) is 1. The van der Waals surface area contributed by atoms with Gasteiger partial charge in [0.1, 0.15) is 0 Å². The lowest BCUT2D eigenvalue weighted by Crippen LogP contribution is -2.05. The van der Waals surface area contributed by atoms with Gasteiger partial charge in [-0.3, -0.25) is 4.79 Å². The minimum atomic E-state index is -0.436. The first-order chi connectivity index (χ1) is 10.2. The Hall–Kier alpha value is -1.15. The second-order valence-electron chi connectivity index (χ2n) is 7.80. The predicted octanol–water partition coefficient (Wildman–Crippen LogP) is 4.60. The molecule has 0 saturated heterocycles. The molecule has 3 atom stereocenters. The summed E-state index contributed by atoms with van der Waals surface area (Å²) in [5.41, 5.74) is 3.55. The molecule has 2 rings (SSSR count). The van der Waals surface area contributed by atoms with E-state index in [1.807, 2.05) is 26.0 Å². The van der Waals surface area contributed by atoms with E-state index < -0.39 is 6.10 Å². The maximum Gasteiger partial charge on any atom is 0.162 e. The van der Waals surface area contributed by atoms with E-state index in [9.17, 15) is 9.90 Å². The molecule has 0 unspecified atom stereocenters. The van der Waals surface area contributed by atoms with Crippen molar-refractivity contribution >= 4 is 5.78 Å². The Morgan fingerprint density at radius 2 is 1.82 bits per heavy atom. The van der Waals surface area contributed by atoms with E-state index in [4.69, 9.17) is 0 Å². The molecule has 0 bridgehead atoms. The standard InChI is InChI=1S/C20H30O2/c1-13-6-8-17-18(20(17,4)5)12-15(3)19(22)9-7-14(2)11-16(21)10-13/h7,10,12,16-18,21H,6,8-9,11H2,1-5H3/b13-10+,14-7+,15-12+/t16-,17+,18-/m1/s1. The summed E-state index contributed by atoms with van der Waals surface area (Å²) in [4.78, 5) is 12.3. The first kappa shape index (κ1) is 17.2. The summed E-state index contributed by atoms with van der Waals surface area (Å²) in [5.74, 6) is 1.37. The van der Waals surface area contributed by atoms with E-state index >= 15 is 0 Å². The quantitative estimate of drug-likeness (QED) is 0.664. The second kappa shape index (κ2) is 6.54. The van der Waals surface area contributed by atoms with Crippen LogP contribution in [0.3, 0.4) is 0 Å². The van der Waals surface area contributed by atoms with E-state index in [0.717, 1.165) is 24.0 Å². The number of rotatable bonds is 0. The lowest BCUT2D eigenvalue weighted by Gasteiger charge is -2.10. The van der Waals surface area contributed by atoms with Crippen LogP contribution >= 0.6 is 0 Å². The maximum atomic E-state index is 12.3. The molecule has 2 heteroatoms. The van der Waals surface area contributed by atoms with Crippen molar-refractivity contribution < 1.29 is 9.90 Å². The number of hydrogen-bond donors (Lipinski definition) is 1. The van der Waals surface area contributed by atoms with Crippen LogP contribution in [0.15, 0.2) is 34.9 Å². The number of fused-ring (bicyclic) bond motifs is 1. The third-order valence-corrected chi connectivity index (χ3v) is 5.50. The van der Waals surface area contributed by atoms with Gasteiger partial charge in [0.25, 0.3) is 0 Å². The van der Waals surface area contributed by atoms with Crippen molar-refractivity contribution in [2.24, 2.45) is 17.3 Å². The van der Waals surface area contributed by atoms with Crippen LogP contribution in [0.25, 0.3) is 0 Å². The Morgan fingerprint density at radius 3 is 2.50 bits per heavy atom. The first-order valence-corrected chi connectivity index (χ1v) is 8.44. The van der Waals surface area contributed by atoms with Gasteiger partial charge in [-0.2, -0.15) is 0 Å². The van der Waals surface area contributed by atoms with Crippen molar-refractivity contribution in [1.82, 2.24) is 0 Å². The highest BCUT2D eigenvalue weighted by Gasteiger charge is 2.55. The number of ketones is 1. The van der Waals surface area contributed by atoms with Gasteiger partial charge in [-0.15, -0.1) is 0 Å². The highest BCUT2D eigenvalue weighted by atomic mass is 16.3. The van der Waals surface area contributed by atoms with Crippen LogP contribution in [-0.4, -0.2) is 17.0 Å². The second-order valence-corrected chi connectivity index (χ2v) is 7.80. The smallest absolute Gasteiger partial charge is 0.162 e. The van der Waals surface area contributed by atoms with Crippen LogP contribution < -0.4 is 0 Å². The van der Waals surface area contributed by atoms with E-state index in [1.54, 1.807) is 0 Å². The molecule has 0 aromatic carbocycles. The van der Waals surface area contributed by atoms with Crippen molar-refractivity contribution in [3.8, 4) is 0 Å². The number of carbonyl (C=O) groups is 1. The molecule has 2 aliphatic carbocycles. The van der Waals surface area contributed by atoms with Gasteiger partial charge >= 0.3 is 0 Å². The van der Waals surface area contributed by atoms with Crippen LogP contribution in [0.4, 0.5) is 0 Å². The van der Waals surface area contributed by atoms with E-state index in [2.05, 4.69) is 26.8 Å². The summed E-state index contributed by atoms with van der Waals surface area (Å²) in [6, 6.07) is 0. The molecule has 0 amide bonds. The summed E-state index contributed by atoms with van der Waals surface area (Å²) in [5, 5.41) is 10.1. The minimum Gasteiger partial charge on any atom is -0.389 e. The molecule has 2 aliphatic rings. The largest absolute Gasteiger partial charge is 0.389 e. The Bertz CT molecular complexity index is 534. The third kappa shape index (κ3) is 3.98. The van der Waals surface area contributed by atoms with Crippen LogP contribution in [0.1, 0.15) is 60.3 Å². The monoisotopic (exact) mass is 302 g/mol. The average Bonchev–Trinajstić information content (AvgIpc) is 2.92. The molecule has 1 fully saturated rings. The summed E-state index contributed by atoms with van der Waals surface area (Å²) < 4.78 is 0. The topological polar surface area (TPSA) is 37.3 Å². The zero-order valence-corrected chi connectivity index (χ0v) is 14.6. The first-order valence-electron chi connectivity index (χ1n) is 8.44. The number of hydrogen-bond acceptors (Lipinski definition) is 2. The maximum absolute atomic E-state index is 12.3. The van der Waals surface area contributed by atoms with Crippen molar-refractivity contribution in [2.75, 3.05) is 0 Å². The van der Waals surface area contributed by atoms with Gasteiger partial charge in [-0.05, 0) is 62.9 Å². The highest BCUT2D eigenvalue weighted by molar-refractivity contribution is 5.95. The van der Waals surface area contributed by atoms with Crippen molar-refractivity contribution in [3.05, 3.63) is 34.9 Å². The number of aliphatic hydroxyl groups is 1. The molecule has 22 heavy (non-hydrogen) atoms. The van der Waals surface area contributed by atoms with Gasteiger partial charge < -0.3 is 5.11 Å². The van der Waals surface area contributed by atoms with Crippen molar-refractivity contribution in [1.29, 1.82) is 0 Å². The minimum absolute atomic E-state index is 0.207. The van der Waals surface area contributed by atoms with E-state index in [1.165, 1.54) is 5.57 Å². The van der Waals surface area contributed by atoms with Gasteiger partial charge in [0.15, 0.2) is 5.78 Å². The van der Waals surface area contributed by atoms with E-state index in [-0.39, 0.29) is 5.78 Å². The Kier molecular flexibility index (Phi) is 5.11. The molecular formula is C20H30O2. The number of carbonyl (C=O) groups excluding carboxylic acids is 1. The van der Waals surface area contributed by atoms with Crippen LogP contribution in [-0.2, 0) is 4.79 Å². The third-order valence-electron chi connectivity index (χ3n) is 5.50. The van der Waals surface area contributed by atoms with E-state index in [0.29, 0.717) is 30.1 Å². The molecular weight excluding hydrogens is 272 g/mol. The lowest BCUT2D eigenvalue weighted by atomic mass is 10.00. The number of allylic oxidation sites excluding steroid dienone is 4. The highest BCUT2D eigenvalue weighted by Crippen LogP contribution is 2.61. The SMILES string of the molecule is C/C1=C\[C@@H](O)C/C(C)=C/CC(=O)/C(C)=C/[C@@H]2[C@H](CC1)C2(C)C. The molecule has 122 valence electrons. The molecule has 2 nitrogen and oxygen atoms in total. The zero-order chi connectivity index (χ0) is 16.5. The van der Waals surface area contributed by atoms with Gasteiger partial charge in [-0.1, -0.05) is 43.2 Å². The summed E-state index contributed by atoms with van der Waals surface area (Å²) in [6.07, 6.45) is 8.95. The lowest BCUT2D eigenvalue weighted by molar-refractivity contribution is -0.114. The number of aliphatic hydroxyl groups excluding tert-OH is 1. The predicted molar refractivity (Wildman–Crippen MR) is 91.5 cm³/mol. The summed E-state index contributed by atoms with van der Waals surface area (Å²) in [6.45, 7) is 10.6. The molecule has 1 N–H and O–H groups in total. The molecule has 1 saturated carbocycles. The van der Waals surface area contributed by atoms with Crippen LogP contribution in [0.2, 0.25) is 0 Å². The van der Waals surface area contributed by atoms with Gasteiger partial charge in [-0.25, -0.2) is 0 Å². The average molecular weight is 302 g/mol. The summed E-state index contributed by atoms with van der Waals surface area (Å²) in [7, 11) is 0. The fourth-order valence-corrected chi connectivity index (χ4v) is 3.73. The van der Waals surface area contributed by atoms with Crippen LogP contribution in [0.5, 0.6) is 0 Å². The molecule has 0 heterocycles. The van der Waals surface area contributed by atoms with Crippen molar-refractivity contribution in [2.45, 2.75) is 66.4 Å². The normalized spacial score (nSPS) is 40.2. The zero-order valence-electron chi connectivity index (χ0n) is 14.6.